The van der Waals surface area contributed by atoms with Gasteiger partial charge in [0.2, 0.25) is 0 Å². The first kappa shape index (κ1) is 15.4. The Morgan fingerprint density at radius 1 is 1.37 bits per heavy atom. The maximum Gasteiger partial charge on any atom is 0.273 e. The number of nitro benzene ring substituents is 1. The number of nitrogens with one attached hydrogen (secondary N) is 2. The van der Waals surface area contributed by atoms with E-state index in [1.807, 2.05) is 6.08 Å². The predicted molar refractivity (Wildman–Crippen MR) is 77.9 cm³/mol. The molecule has 1 aromatic carbocycles. The van der Waals surface area contributed by atoms with E-state index in [2.05, 4.69) is 17.2 Å². The van der Waals surface area contributed by atoms with Crippen molar-refractivity contribution in [3.8, 4) is 0 Å². The monoisotopic (exact) mass is 259 g/mol. The molecule has 0 fully saturated rings. The highest BCUT2D eigenvalue weighted by Crippen LogP contribution is 2.15. The van der Waals surface area contributed by atoms with Crippen LogP contribution in [0.5, 0.6) is 0 Å². The van der Waals surface area contributed by atoms with Gasteiger partial charge in [0.25, 0.3) is 5.69 Å². The number of hydrogen-bond donors (Lipinski definition) is 2. The van der Waals surface area contributed by atoms with Crippen molar-refractivity contribution >= 4 is 19.0 Å². The van der Waals surface area contributed by atoms with Crippen molar-refractivity contribution < 1.29 is 4.92 Å². The normalized spacial score (nSPS) is 10.3. The predicted octanol–water partition coefficient (Wildman–Crippen LogP) is 0.644. The van der Waals surface area contributed by atoms with E-state index in [4.69, 9.17) is 7.85 Å². The lowest BCUT2D eigenvalue weighted by Crippen LogP contribution is -2.22. The Morgan fingerprint density at radius 3 is 2.79 bits per heavy atom. The first-order valence-electron chi connectivity index (χ1n) is 6.20. The molecule has 0 heterocycles. The highest BCUT2D eigenvalue weighted by molar-refractivity contribution is 6.32. The van der Waals surface area contributed by atoms with Crippen LogP contribution in [0.3, 0.4) is 0 Å². The molecule has 2 N–H and O–H groups in total. The summed E-state index contributed by atoms with van der Waals surface area (Å²) in [6.45, 7) is 6.57. The quantitative estimate of drug-likeness (QED) is 0.224. The van der Waals surface area contributed by atoms with E-state index in [-0.39, 0.29) is 5.69 Å². The summed E-state index contributed by atoms with van der Waals surface area (Å²) in [5.41, 5.74) is 1.12. The van der Waals surface area contributed by atoms with Crippen LogP contribution in [0.25, 0.3) is 0 Å². The van der Waals surface area contributed by atoms with Crippen LogP contribution in [0.4, 0.5) is 5.69 Å². The zero-order valence-corrected chi connectivity index (χ0v) is 10.9. The van der Waals surface area contributed by atoms with E-state index in [9.17, 15) is 10.1 Å². The minimum Gasteiger partial charge on any atom is -0.313 e. The summed E-state index contributed by atoms with van der Waals surface area (Å²) in [6, 6.07) is 4.76. The maximum atomic E-state index is 10.9. The molecular weight excluding hydrogens is 241 g/mol. The number of rotatable bonds is 9. The van der Waals surface area contributed by atoms with Crippen LogP contribution in [-0.4, -0.2) is 32.4 Å². The fourth-order valence-electron chi connectivity index (χ4n) is 1.67. The molecular formula is C13H18BN3O2. The maximum absolute atomic E-state index is 10.9. The fraction of sp³-hybridized carbons (Fsp3) is 0.385. The minimum absolute atomic E-state index is 0.0669. The average molecular weight is 259 g/mol. The molecule has 5 nitrogen and oxygen atoms in total. The van der Waals surface area contributed by atoms with E-state index in [0.29, 0.717) is 17.6 Å². The highest BCUT2D eigenvalue weighted by Gasteiger charge is 2.12. The van der Waals surface area contributed by atoms with Gasteiger partial charge in [-0.15, -0.1) is 6.58 Å². The Balaban J connectivity index is 2.36. The van der Waals surface area contributed by atoms with E-state index in [1.54, 1.807) is 12.1 Å². The molecule has 0 saturated heterocycles. The van der Waals surface area contributed by atoms with Gasteiger partial charge in [-0.1, -0.05) is 23.7 Å². The van der Waals surface area contributed by atoms with Gasteiger partial charge in [0.05, 0.1) is 4.92 Å². The number of nitrogens with zero attached hydrogens (tertiary/aromatic N) is 1. The Labute approximate surface area is 114 Å². The molecule has 0 amide bonds. The summed E-state index contributed by atoms with van der Waals surface area (Å²) in [6.07, 6.45) is 2.77. The lowest BCUT2D eigenvalue weighted by Gasteiger charge is -2.07. The van der Waals surface area contributed by atoms with Crippen molar-refractivity contribution in [3.05, 3.63) is 46.5 Å². The second-order valence-corrected chi connectivity index (χ2v) is 4.17. The molecule has 1 aromatic rings. The van der Waals surface area contributed by atoms with Gasteiger partial charge >= 0.3 is 0 Å². The molecule has 0 atom stereocenters. The van der Waals surface area contributed by atoms with Crippen LogP contribution in [0.1, 0.15) is 12.0 Å². The zero-order valence-electron chi connectivity index (χ0n) is 10.9. The average Bonchev–Trinajstić information content (AvgIpc) is 2.39. The van der Waals surface area contributed by atoms with Gasteiger partial charge in [-0.2, -0.15) is 0 Å². The van der Waals surface area contributed by atoms with Crippen LogP contribution >= 0.6 is 0 Å². The molecule has 6 heteroatoms. The lowest BCUT2D eigenvalue weighted by molar-refractivity contribution is -0.385. The molecule has 0 aliphatic rings. The van der Waals surface area contributed by atoms with Crippen molar-refractivity contribution in [3.63, 3.8) is 0 Å². The van der Waals surface area contributed by atoms with Crippen molar-refractivity contribution in [1.29, 1.82) is 0 Å². The second kappa shape index (κ2) is 8.45. The molecule has 100 valence electrons. The molecule has 2 radical (unpaired) electrons. The van der Waals surface area contributed by atoms with Crippen LogP contribution in [0, 0.1) is 10.1 Å². The Kier molecular flexibility index (Phi) is 6.85. The third-order valence-electron chi connectivity index (χ3n) is 2.62. The molecule has 0 saturated carbocycles. The molecule has 0 unspecified atom stereocenters. The Bertz CT molecular complexity index is 438. The second-order valence-electron chi connectivity index (χ2n) is 4.17. The van der Waals surface area contributed by atoms with Crippen LogP contribution in [0.2, 0.25) is 0 Å². The standard InChI is InChI=1S/C13H18BN3O2/c1-2-6-15-7-3-8-16-10-11-4-5-12(14)9-13(11)17(18)19/h2,4-5,9,15-16H,1,3,6-8,10H2. The molecule has 0 spiro atoms. The van der Waals surface area contributed by atoms with Gasteiger partial charge in [-0.25, -0.2) is 0 Å². The highest BCUT2D eigenvalue weighted by atomic mass is 16.6. The smallest absolute Gasteiger partial charge is 0.273 e. The first-order valence-corrected chi connectivity index (χ1v) is 6.20. The van der Waals surface area contributed by atoms with Gasteiger partial charge < -0.3 is 10.6 Å². The summed E-state index contributed by atoms with van der Waals surface area (Å²) in [5, 5.41) is 17.3. The molecule has 0 bridgehead atoms. The largest absolute Gasteiger partial charge is 0.313 e. The van der Waals surface area contributed by atoms with Gasteiger partial charge in [0.1, 0.15) is 7.85 Å². The number of benzene rings is 1. The molecule has 19 heavy (non-hydrogen) atoms. The first-order chi connectivity index (χ1) is 9.15. The lowest BCUT2D eigenvalue weighted by atomic mass is 9.94. The van der Waals surface area contributed by atoms with Gasteiger partial charge in [0.15, 0.2) is 0 Å². The van der Waals surface area contributed by atoms with Gasteiger partial charge in [-0.05, 0) is 19.5 Å². The topological polar surface area (TPSA) is 67.2 Å². The van der Waals surface area contributed by atoms with E-state index in [0.717, 1.165) is 26.1 Å². The van der Waals surface area contributed by atoms with E-state index < -0.39 is 4.92 Å². The third kappa shape index (κ3) is 5.67. The Hall–Kier alpha value is -1.66. The molecule has 1 rings (SSSR count). The summed E-state index contributed by atoms with van der Waals surface area (Å²) < 4.78 is 0. The minimum atomic E-state index is -0.404. The van der Waals surface area contributed by atoms with Crippen LogP contribution < -0.4 is 16.1 Å². The van der Waals surface area contributed by atoms with E-state index in [1.165, 1.54) is 6.07 Å². The zero-order chi connectivity index (χ0) is 14.1. The SMILES string of the molecule is [B]c1ccc(CNCCCNCC=C)c([N+](=O)[O-])c1. The molecule has 0 aliphatic heterocycles. The van der Waals surface area contributed by atoms with Crippen LogP contribution in [0.15, 0.2) is 30.9 Å². The third-order valence-corrected chi connectivity index (χ3v) is 2.62. The van der Waals surface area contributed by atoms with Gasteiger partial charge in [-0.3, -0.25) is 10.1 Å². The fourth-order valence-corrected chi connectivity index (χ4v) is 1.67. The summed E-state index contributed by atoms with van der Waals surface area (Å²) >= 11 is 0. The van der Waals surface area contributed by atoms with E-state index >= 15 is 0 Å². The summed E-state index contributed by atoms with van der Waals surface area (Å²) in [5.74, 6) is 0. The number of hydrogen-bond acceptors (Lipinski definition) is 4. The van der Waals surface area contributed by atoms with Crippen LogP contribution in [-0.2, 0) is 6.54 Å². The van der Waals surface area contributed by atoms with Crippen molar-refractivity contribution in [1.82, 2.24) is 10.6 Å². The summed E-state index contributed by atoms with van der Waals surface area (Å²) in [7, 11) is 5.55. The number of nitro groups is 1. The van der Waals surface area contributed by atoms with Crippen molar-refractivity contribution in [2.45, 2.75) is 13.0 Å². The Morgan fingerprint density at radius 2 is 2.11 bits per heavy atom. The molecule has 0 aromatic heterocycles. The molecule has 0 aliphatic carbocycles. The van der Waals surface area contributed by atoms with Crippen molar-refractivity contribution in [2.24, 2.45) is 0 Å². The summed E-state index contributed by atoms with van der Waals surface area (Å²) in [4.78, 5) is 10.5. The van der Waals surface area contributed by atoms with Gasteiger partial charge in [0, 0.05) is 24.7 Å². The van der Waals surface area contributed by atoms with Crippen molar-refractivity contribution in [2.75, 3.05) is 19.6 Å².